The Labute approximate surface area is 128 Å². The molecule has 2 rings (SSSR count). The van der Waals surface area contributed by atoms with Crippen LogP contribution in [-0.4, -0.2) is 31.8 Å². The van der Waals surface area contributed by atoms with Crippen molar-refractivity contribution in [3.05, 3.63) is 16.9 Å². The second-order valence-electron chi connectivity index (χ2n) is 4.49. The Morgan fingerprint density at radius 1 is 1.53 bits per heavy atom. The lowest BCUT2D eigenvalue weighted by Crippen LogP contribution is -2.42. The van der Waals surface area contributed by atoms with Gasteiger partial charge >= 0.3 is 0 Å². The Kier molecular flexibility index (Phi) is 5.89. The van der Waals surface area contributed by atoms with E-state index in [1.807, 2.05) is 28.2 Å². The third-order valence-corrected chi connectivity index (χ3v) is 7.07. The number of nitrogens with two attached hydrogens (primary N) is 1. The molecule has 3 unspecified atom stereocenters. The summed E-state index contributed by atoms with van der Waals surface area (Å²) in [6, 6.07) is 0.0534. The SMILES string of the molecule is CCC1SCCSC1C(NN)c1c(Cl)cnn1CC. The molecule has 1 saturated heterocycles. The first-order chi connectivity index (χ1) is 9.22. The molecule has 4 nitrogen and oxygen atoms in total. The standard InChI is InChI=1S/C12H21ClN4S2/c1-3-9-12(19-6-5-18-9)10(16-14)11-8(13)7-15-17(11)4-2/h7,9-10,12,16H,3-6,14H2,1-2H3. The average Bonchev–Trinajstić information content (AvgIpc) is 2.82. The van der Waals surface area contributed by atoms with E-state index in [9.17, 15) is 0 Å². The van der Waals surface area contributed by atoms with Crippen molar-refractivity contribution in [2.75, 3.05) is 11.5 Å². The van der Waals surface area contributed by atoms with Crippen LogP contribution in [0.3, 0.4) is 0 Å². The molecule has 1 aromatic rings. The highest BCUT2D eigenvalue weighted by molar-refractivity contribution is 8.07. The molecule has 1 aliphatic heterocycles. The minimum Gasteiger partial charge on any atom is -0.271 e. The van der Waals surface area contributed by atoms with E-state index in [2.05, 4.69) is 24.4 Å². The predicted octanol–water partition coefficient (Wildman–Crippen LogP) is 2.69. The van der Waals surface area contributed by atoms with Crippen LogP contribution in [0, 0.1) is 0 Å². The fourth-order valence-electron chi connectivity index (χ4n) is 2.51. The number of aryl methyl sites for hydroxylation is 1. The Morgan fingerprint density at radius 2 is 2.26 bits per heavy atom. The van der Waals surface area contributed by atoms with Gasteiger partial charge in [-0.3, -0.25) is 16.0 Å². The largest absolute Gasteiger partial charge is 0.271 e. The van der Waals surface area contributed by atoms with Gasteiger partial charge in [0.1, 0.15) is 0 Å². The first kappa shape index (κ1) is 15.5. The monoisotopic (exact) mass is 320 g/mol. The molecule has 0 bridgehead atoms. The van der Waals surface area contributed by atoms with Gasteiger partial charge in [-0.05, 0) is 13.3 Å². The summed E-state index contributed by atoms with van der Waals surface area (Å²) in [6.07, 6.45) is 2.87. The second-order valence-corrected chi connectivity index (χ2v) is 7.53. The van der Waals surface area contributed by atoms with Crippen molar-refractivity contribution in [2.24, 2.45) is 5.84 Å². The van der Waals surface area contributed by atoms with Gasteiger partial charge in [0.15, 0.2) is 0 Å². The van der Waals surface area contributed by atoms with Crippen LogP contribution >= 0.6 is 35.1 Å². The molecule has 0 aliphatic carbocycles. The molecule has 7 heteroatoms. The lowest BCUT2D eigenvalue weighted by molar-refractivity contribution is 0.467. The van der Waals surface area contributed by atoms with Gasteiger partial charge in [0.2, 0.25) is 0 Å². The summed E-state index contributed by atoms with van der Waals surface area (Å²) in [4.78, 5) is 0. The summed E-state index contributed by atoms with van der Waals surface area (Å²) in [7, 11) is 0. The van der Waals surface area contributed by atoms with Crippen LogP contribution in [0.15, 0.2) is 6.20 Å². The maximum Gasteiger partial charge on any atom is 0.0835 e. The molecular weight excluding hydrogens is 300 g/mol. The fraction of sp³-hybridized carbons (Fsp3) is 0.750. The predicted molar refractivity (Wildman–Crippen MR) is 85.8 cm³/mol. The first-order valence-corrected chi connectivity index (χ1v) is 9.11. The number of hydrogen-bond donors (Lipinski definition) is 2. The first-order valence-electron chi connectivity index (χ1n) is 6.63. The highest BCUT2D eigenvalue weighted by Gasteiger charge is 2.35. The lowest BCUT2D eigenvalue weighted by Gasteiger charge is -2.35. The van der Waals surface area contributed by atoms with Crippen molar-refractivity contribution in [3.63, 3.8) is 0 Å². The Hall–Kier alpha value is 0.120. The van der Waals surface area contributed by atoms with E-state index in [0.29, 0.717) is 15.5 Å². The van der Waals surface area contributed by atoms with Crippen LogP contribution in [0.2, 0.25) is 5.02 Å². The van der Waals surface area contributed by atoms with E-state index in [4.69, 9.17) is 17.4 Å². The number of hydrogen-bond acceptors (Lipinski definition) is 5. The summed E-state index contributed by atoms with van der Waals surface area (Å²) in [5.74, 6) is 8.22. The number of aromatic nitrogens is 2. The zero-order valence-corrected chi connectivity index (χ0v) is 13.7. The number of thioether (sulfide) groups is 2. The fourth-order valence-corrected chi connectivity index (χ4v) is 5.97. The number of nitrogens with zero attached hydrogens (tertiary/aromatic N) is 2. The van der Waals surface area contributed by atoms with Crippen molar-refractivity contribution in [1.29, 1.82) is 0 Å². The van der Waals surface area contributed by atoms with Crippen LogP contribution in [-0.2, 0) is 6.54 Å². The summed E-state index contributed by atoms with van der Waals surface area (Å²) in [6.45, 7) is 5.12. The maximum absolute atomic E-state index is 6.31. The molecule has 19 heavy (non-hydrogen) atoms. The third-order valence-electron chi connectivity index (χ3n) is 3.43. The molecule has 0 radical (unpaired) electrons. The molecule has 3 N–H and O–H groups in total. The highest BCUT2D eigenvalue weighted by atomic mass is 35.5. The minimum atomic E-state index is 0.0534. The van der Waals surface area contributed by atoms with Crippen molar-refractivity contribution >= 4 is 35.1 Å². The van der Waals surface area contributed by atoms with Crippen LogP contribution in [0.4, 0.5) is 0 Å². The molecule has 0 aromatic carbocycles. The zero-order valence-electron chi connectivity index (χ0n) is 11.3. The molecule has 1 aliphatic rings. The molecule has 2 heterocycles. The topological polar surface area (TPSA) is 55.9 Å². The van der Waals surface area contributed by atoms with Gasteiger partial charge in [0.05, 0.1) is 23.0 Å². The molecule has 1 aromatic heterocycles. The molecule has 108 valence electrons. The maximum atomic E-state index is 6.31. The molecule has 3 atom stereocenters. The summed E-state index contributed by atoms with van der Waals surface area (Å²) >= 11 is 10.3. The van der Waals surface area contributed by atoms with Crippen LogP contribution in [0.25, 0.3) is 0 Å². The number of hydrazine groups is 1. The van der Waals surface area contributed by atoms with Crippen LogP contribution in [0.1, 0.15) is 32.0 Å². The van der Waals surface area contributed by atoms with E-state index in [1.54, 1.807) is 6.20 Å². The molecule has 0 amide bonds. The van der Waals surface area contributed by atoms with E-state index >= 15 is 0 Å². The molecular formula is C12H21ClN4S2. The van der Waals surface area contributed by atoms with E-state index in [-0.39, 0.29) is 6.04 Å². The number of rotatable bonds is 5. The Morgan fingerprint density at radius 3 is 2.89 bits per heavy atom. The molecule has 1 fully saturated rings. The Balaban J connectivity index is 2.29. The van der Waals surface area contributed by atoms with E-state index < -0.39 is 0 Å². The van der Waals surface area contributed by atoms with Crippen molar-refractivity contribution in [2.45, 2.75) is 43.4 Å². The number of nitrogens with one attached hydrogen (secondary N) is 1. The van der Waals surface area contributed by atoms with Crippen molar-refractivity contribution in [3.8, 4) is 0 Å². The van der Waals surface area contributed by atoms with Crippen molar-refractivity contribution in [1.82, 2.24) is 15.2 Å². The third kappa shape index (κ3) is 3.24. The lowest BCUT2D eigenvalue weighted by atomic mass is 10.1. The van der Waals surface area contributed by atoms with Gasteiger partial charge in [0.25, 0.3) is 0 Å². The smallest absolute Gasteiger partial charge is 0.0835 e. The summed E-state index contributed by atoms with van der Waals surface area (Å²) in [5.41, 5.74) is 3.99. The molecule has 0 spiro atoms. The van der Waals surface area contributed by atoms with Gasteiger partial charge in [-0.15, -0.1) is 0 Å². The van der Waals surface area contributed by atoms with Gasteiger partial charge in [-0.25, -0.2) is 0 Å². The van der Waals surface area contributed by atoms with Crippen molar-refractivity contribution < 1.29 is 0 Å². The van der Waals surface area contributed by atoms with Crippen LogP contribution in [0.5, 0.6) is 0 Å². The van der Waals surface area contributed by atoms with Gasteiger partial charge in [-0.1, -0.05) is 18.5 Å². The molecule has 0 saturated carbocycles. The summed E-state index contributed by atoms with van der Waals surface area (Å²) < 4.78 is 1.94. The second kappa shape index (κ2) is 7.22. The minimum absolute atomic E-state index is 0.0534. The van der Waals surface area contributed by atoms with E-state index in [1.165, 1.54) is 11.5 Å². The normalized spacial score (nSPS) is 25.5. The van der Waals surface area contributed by atoms with E-state index in [0.717, 1.165) is 18.7 Å². The van der Waals surface area contributed by atoms with Crippen LogP contribution < -0.4 is 11.3 Å². The highest BCUT2D eigenvalue weighted by Crippen LogP contribution is 2.41. The van der Waals surface area contributed by atoms with Gasteiger partial charge in [-0.2, -0.15) is 28.6 Å². The average molecular weight is 321 g/mol. The number of halogens is 1. The zero-order chi connectivity index (χ0) is 13.8. The summed E-state index contributed by atoms with van der Waals surface area (Å²) in [5, 5.41) is 6.07. The van der Waals surface area contributed by atoms with Gasteiger partial charge in [0, 0.05) is 28.6 Å². The quantitative estimate of drug-likeness (QED) is 0.645. The van der Waals surface area contributed by atoms with Gasteiger partial charge < -0.3 is 0 Å². The Bertz CT molecular complexity index is 412.